The Hall–Kier alpha value is -2.69. The standard InChI is InChI=1S/C21H27N5/c1-7-21(6,22-18-12-11-14(2)13-17(18)5)20-23-24-25-26(20)19-15(3)9-8-10-16(19)4/h8-13,22H,7H2,1-6H3. The van der Waals surface area contributed by atoms with Crippen LogP contribution in [0.1, 0.15) is 48.3 Å². The summed E-state index contributed by atoms with van der Waals surface area (Å²) >= 11 is 0. The van der Waals surface area contributed by atoms with Crippen molar-refractivity contribution >= 4 is 5.69 Å². The van der Waals surface area contributed by atoms with Crippen LogP contribution < -0.4 is 5.32 Å². The van der Waals surface area contributed by atoms with Crippen LogP contribution in [0.3, 0.4) is 0 Å². The molecular weight excluding hydrogens is 322 g/mol. The molecule has 26 heavy (non-hydrogen) atoms. The van der Waals surface area contributed by atoms with E-state index in [4.69, 9.17) is 0 Å². The van der Waals surface area contributed by atoms with Crippen LogP contribution in [-0.4, -0.2) is 20.2 Å². The van der Waals surface area contributed by atoms with Gasteiger partial charge in [-0.1, -0.05) is 42.8 Å². The van der Waals surface area contributed by atoms with Gasteiger partial charge in [0.2, 0.25) is 0 Å². The average Bonchev–Trinajstić information content (AvgIpc) is 3.07. The van der Waals surface area contributed by atoms with Crippen LogP contribution in [0.5, 0.6) is 0 Å². The first-order valence-electron chi connectivity index (χ1n) is 9.06. The SMILES string of the molecule is CCC(C)(Nc1ccc(C)cc1C)c1nnnn1-c1c(C)cccc1C. The highest BCUT2D eigenvalue weighted by molar-refractivity contribution is 5.55. The summed E-state index contributed by atoms with van der Waals surface area (Å²) in [6, 6.07) is 12.7. The number of anilines is 1. The molecule has 5 heteroatoms. The topological polar surface area (TPSA) is 55.6 Å². The Morgan fingerprint density at radius 3 is 2.31 bits per heavy atom. The molecule has 0 aliphatic rings. The van der Waals surface area contributed by atoms with E-state index in [0.717, 1.165) is 34.7 Å². The number of benzene rings is 2. The lowest BCUT2D eigenvalue weighted by Gasteiger charge is -2.30. The van der Waals surface area contributed by atoms with Crippen molar-refractivity contribution < 1.29 is 0 Å². The quantitative estimate of drug-likeness (QED) is 0.729. The number of aryl methyl sites for hydroxylation is 4. The van der Waals surface area contributed by atoms with Crippen LogP contribution in [0.2, 0.25) is 0 Å². The Bertz CT molecular complexity index is 908. The van der Waals surface area contributed by atoms with Gasteiger partial charge in [-0.15, -0.1) is 5.10 Å². The van der Waals surface area contributed by atoms with Gasteiger partial charge < -0.3 is 5.32 Å². The molecule has 3 aromatic rings. The van der Waals surface area contributed by atoms with Crippen molar-refractivity contribution in [2.75, 3.05) is 5.32 Å². The lowest BCUT2D eigenvalue weighted by Crippen LogP contribution is -2.35. The molecule has 1 heterocycles. The number of hydrogen-bond acceptors (Lipinski definition) is 4. The van der Waals surface area contributed by atoms with Crippen LogP contribution in [0.4, 0.5) is 5.69 Å². The monoisotopic (exact) mass is 349 g/mol. The van der Waals surface area contributed by atoms with E-state index >= 15 is 0 Å². The maximum Gasteiger partial charge on any atom is 0.181 e. The summed E-state index contributed by atoms with van der Waals surface area (Å²) in [7, 11) is 0. The first-order valence-corrected chi connectivity index (χ1v) is 9.06. The van der Waals surface area contributed by atoms with Gasteiger partial charge in [-0.3, -0.25) is 0 Å². The molecule has 0 aliphatic carbocycles. The molecule has 136 valence electrons. The molecule has 0 saturated carbocycles. The number of tetrazole rings is 1. The summed E-state index contributed by atoms with van der Waals surface area (Å²) in [5.41, 5.74) is 6.55. The maximum absolute atomic E-state index is 4.40. The molecule has 1 atom stereocenters. The van der Waals surface area contributed by atoms with E-state index in [9.17, 15) is 0 Å². The second-order valence-electron chi connectivity index (χ2n) is 7.28. The van der Waals surface area contributed by atoms with E-state index in [1.807, 2.05) is 4.68 Å². The molecule has 0 bridgehead atoms. The van der Waals surface area contributed by atoms with Gasteiger partial charge in [-0.05, 0) is 74.2 Å². The van der Waals surface area contributed by atoms with E-state index in [1.165, 1.54) is 11.1 Å². The third-order valence-corrected chi connectivity index (χ3v) is 5.11. The minimum atomic E-state index is -0.391. The summed E-state index contributed by atoms with van der Waals surface area (Å²) in [5.74, 6) is 0.817. The highest BCUT2D eigenvalue weighted by Gasteiger charge is 2.32. The first-order chi connectivity index (χ1) is 12.4. The zero-order chi connectivity index (χ0) is 18.9. The van der Waals surface area contributed by atoms with E-state index in [1.54, 1.807) is 0 Å². The first kappa shape index (κ1) is 18.1. The second-order valence-corrected chi connectivity index (χ2v) is 7.28. The number of aromatic nitrogens is 4. The maximum atomic E-state index is 4.40. The molecule has 3 rings (SSSR count). The predicted molar refractivity (Wildman–Crippen MR) is 106 cm³/mol. The molecule has 1 unspecified atom stereocenters. The number of nitrogens with one attached hydrogen (secondary N) is 1. The van der Waals surface area contributed by atoms with E-state index in [2.05, 4.69) is 98.8 Å². The van der Waals surface area contributed by atoms with Gasteiger partial charge in [0.1, 0.15) is 0 Å². The van der Waals surface area contributed by atoms with Gasteiger partial charge in [0.15, 0.2) is 5.82 Å². The van der Waals surface area contributed by atoms with Crippen molar-refractivity contribution in [1.29, 1.82) is 0 Å². The average molecular weight is 349 g/mol. The van der Waals surface area contributed by atoms with Gasteiger partial charge in [0.25, 0.3) is 0 Å². The Kier molecular flexibility index (Phi) is 4.81. The van der Waals surface area contributed by atoms with Crippen LogP contribution in [0.25, 0.3) is 5.69 Å². The Balaban J connectivity index is 2.08. The second kappa shape index (κ2) is 6.90. The summed E-state index contributed by atoms with van der Waals surface area (Å²) in [6.07, 6.45) is 0.853. The highest BCUT2D eigenvalue weighted by Crippen LogP contribution is 2.31. The Morgan fingerprint density at radius 2 is 1.69 bits per heavy atom. The van der Waals surface area contributed by atoms with Crippen LogP contribution >= 0.6 is 0 Å². The molecule has 0 amide bonds. The number of hydrogen-bond donors (Lipinski definition) is 1. The fourth-order valence-electron chi connectivity index (χ4n) is 3.38. The van der Waals surface area contributed by atoms with Gasteiger partial charge >= 0.3 is 0 Å². The summed E-state index contributed by atoms with van der Waals surface area (Å²) in [5, 5.41) is 16.4. The zero-order valence-electron chi connectivity index (χ0n) is 16.5. The predicted octanol–water partition coefficient (Wildman–Crippen LogP) is 4.63. The summed E-state index contributed by atoms with van der Waals surface area (Å²) in [6.45, 7) is 12.7. The third kappa shape index (κ3) is 3.21. The fourth-order valence-corrected chi connectivity index (χ4v) is 3.38. The highest BCUT2D eigenvalue weighted by atomic mass is 15.6. The van der Waals surface area contributed by atoms with E-state index in [-0.39, 0.29) is 0 Å². The Labute approximate surface area is 155 Å². The van der Waals surface area contributed by atoms with Gasteiger partial charge in [0.05, 0.1) is 11.2 Å². The van der Waals surface area contributed by atoms with Crippen LogP contribution in [-0.2, 0) is 5.54 Å². The minimum Gasteiger partial charge on any atom is -0.373 e. The van der Waals surface area contributed by atoms with Crippen molar-refractivity contribution in [2.24, 2.45) is 0 Å². The number of nitrogens with zero attached hydrogens (tertiary/aromatic N) is 4. The third-order valence-electron chi connectivity index (χ3n) is 5.11. The zero-order valence-corrected chi connectivity index (χ0v) is 16.5. The lowest BCUT2D eigenvalue weighted by atomic mass is 9.95. The fraction of sp³-hybridized carbons (Fsp3) is 0.381. The molecule has 0 aliphatic heterocycles. The molecule has 0 saturated heterocycles. The largest absolute Gasteiger partial charge is 0.373 e. The molecule has 0 fully saturated rings. The lowest BCUT2D eigenvalue weighted by molar-refractivity contribution is 0.474. The summed E-state index contributed by atoms with van der Waals surface area (Å²) in [4.78, 5) is 0. The van der Waals surface area contributed by atoms with Gasteiger partial charge in [-0.25, -0.2) is 0 Å². The number of rotatable bonds is 5. The normalized spacial score (nSPS) is 13.5. The molecule has 0 spiro atoms. The smallest absolute Gasteiger partial charge is 0.181 e. The molecule has 1 N–H and O–H groups in total. The minimum absolute atomic E-state index is 0.391. The van der Waals surface area contributed by atoms with Crippen LogP contribution in [0.15, 0.2) is 36.4 Å². The Morgan fingerprint density at radius 1 is 1.00 bits per heavy atom. The van der Waals surface area contributed by atoms with E-state index < -0.39 is 5.54 Å². The van der Waals surface area contributed by atoms with Crippen molar-refractivity contribution in [3.8, 4) is 5.69 Å². The molecule has 5 nitrogen and oxygen atoms in total. The number of para-hydroxylation sites is 1. The molecule has 1 aromatic heterocycles. The molecule has 0 radical (unpaired) electrons. The van der Waals surface area contributed by atoms with E-state index in [0.29, 0.717) is 0 Å². The van der Waals surface area contributed by atoms with Crippen molar-refractivity contribution in [1.82, 2.24) is 20.2 Å². The van der Waals surface area contributed by atoms with Crippen molar-refractivity contribution in [3.63, 3.8) is 0 Å². The van der Waals surface area contributed by atoms with Crippen molar-refractivity contribution in [2.45, 2.75) is 53.5 Å². The molecule has 2 aromatic carbocycles. The van der Waals surface area contributed by atoms with Crippen molar-refractivity contribution in [3.05, 3.63) is 64.5 Å². The van der Waals surface area contributed by atoms with Gasteiger partial charge in [-0.2, -0.15) is 4.68 Å². The molecular formula is C21H27N5. The summed E-state index contributed by atoms with van der Waals surface area (Å²) < 4.78 is 1.88. The van der Waals surface area contributed by atoms with Crippen LogP contribution in [0, 0.1) is 27.7 Å². The van der Waals surface area contributed by atoms with Gasteiger partial charge in [0, 0.05) is 5.69 Å².